The van der Waals surface area contributed by atoms with E-state index in [0.717, 1.165) is 25.0 Å². The molecule has 2 saturated heterocycles. The van der Waals surface area contributed by atoms with Crippen molar-refractivity contribution in [2.75, 3.05) is 26.3 Å². The number of benzene rings is 1. The number of nitrogens with two attached hydrogens (primary N) is 1. The molecule has 5 nitrogen and oxygen atoms in total. The molecule has 3 atom stereocenters. The van der Waals surface area contributed by atoms with Gasteiger partial charge in [0.1, 0.15) is 6.10 Å². The van der Waals surface area contributed by atoms with Gasteiger partial charge in [-0.25, -0.2) is 0 Å². The van der Waals surface area contributed by atoms with Crippen LogP contribution >= 0.6 is 0 Å². The molecule has 0 aliphatic carbocycles. The molecule has 1 aromatic rings. The second-order valence-electron chi connectivity index (χ2n) is 6.04. The first kappa shape index (κ1) is 15.5. The molecule has 2 N–H and O–H groups in total. The minimum Gasteiger partial charge on any atom is -0.375 e. The van der Waals surface area contributed by atoms with Crippen molar-refractivity contribution in [2.45, 2.75) is 37.5 Å². The molecule has 0 bridgehead atoms. The highest BCUT2D eigenvalue weighted by Crippen LogP contribution is 2.21. The summed E-state index contributed by atoms with van der Waals surface area (Å²) in [7, 11) is 0. The summed E-state index contributed by atoms with van der Waals surface area (Å²) in [6.45, 7) is 2.57. The third-order valence-electron chi connectivity index (χ3n) is 4.40. The summed E-state index contributed by atoms with van der Waals surface area (Å²) in [5.41, 5.74) is 7.21. The van der Waals surface area contributed by atoms with Gasteiger partial charge >= 0.3 is 0 Å². The van der Waals surface area contributed by atoms with Crippen LogP contribution in [-0.4, -0.2) is 55.4 Å². The lowest BCUT2D eigenvalue weighted by Crippen LogP contribution is -2.54. The van der Waals surface area contributed by atoms with Crippen LogP contribution in [0.5, 0.6) is 0 Å². The van der Waals surface area contributed by atoms with Crippen LogP contribution in [0.15, 0.2) is 30.3 Å². The Balaban J connectivity index is 1.56. The highest BCUT2D eigenvalue weighted by atomic mass is 16.5. The number of rotatable bonds is 4. The zero-order valence-electron chi connectivity index (χ0n) is 12.8. The molecule has 1 amide bonds. The van der Waals surface area contributed by atoms with Gasteiger partial charge in [-0.15, -0.1) is 0 Å². The van der Waals surface area contributed by atoms with Crippen molar-refractivity contribution in [2.24, 2.45) is 5.73 Å². The summed E-state index contributed by atoms with van der Waals surface area (Å²) in [6.07, 6.45) is 2.78. The molecule has 5 heteroatoms. The van der Waals surface area contributed by atoms with E-state index >= 15 is 0 Å². The Hall–Kier alpha value is -1.43. The largest absolute Gasteiger partial charge is 0.375 e. The topological polar surface area (TPSA) is 64.8 Å². The molecule has 0 saturated carbocycles. The lowest BCUT2D eigenvalue weighted by atomic mass is 10.0. The molecule has 120 valence electrons. The van der Waals surface area contributed by atoms with Gasteiger partial charge in [0.25, 0.3) is 0 Å². The smallest absolute Gasteiger partial charge is 0.239 e. The summed E-state index contributed by atoms with van der Waals surface area (Å²) < 4.78 is 11.5. The molecule has 0 unspecified atom stereocenters. The molecule has 0 aromatic heterocycles. The van der Waals surface area contributed by atoms with Crippen LogP contribution < -0.4 is 5.73 Å². The Labute approximate surface area is 131 Å². The summed E-state index contributed by atoms with van der Waals surface area (Å²) in [6, 6.07) is 9.41. The third kappa shape index (κ3) is 3.66. The SMILES string of the molecule is N[C@H](Cc1ccccc1)C(=O)N1CCO[C@@H]([C@@H]2CCCO2)C1. The van der Waals surface area contributed by atoms with Crippen LogP contribution in [0.2, 0.25) is 0 Å². The molecule has 2 heterocycles. The van der Waals surface area contributed by atoms with Gasteiger partial charge in [0.15, 0.2) is 0 Å². The van der Waals surface area contributed by atoms with Crippen LogP contribution in [0.4, 0.5) is 0 Å². The summed E-state index contributed by atoms with van der Waals surface area (Å²) in [4.78, 5) is 14.4. The fraction of sp³-hybridized carbons (Fsp3) is 0.588. The number of nitrogens with zero attached hydrogens (tertiary/aromatic N) is 1. The van der Waals surface area contributed by atoms with Crippen LogP contribution in [-0.2, 0) is 20.7 Å². The maximum Gasteiger partial charge on any atom is 0.239 e. The minimum absolute atomic E-state index is 0.00940. The zero-order valence-corrected chi connectivity index (χ0v) is 12.8. The Morgan fingerprint density at radius 3 is 2.73 bits per heavy atom. The predicted octanol–water partition coefficient (Wildman–Crippen LogP) is 0.963. The second-order valence-corrected chi connectivity index (χ2v) is 6.04. The highest BCUT2D eigenvalue weighted by molar-refractivity contribution is 5.82. The highest BCUT2D eigenvalue weighted by Gasteiger charge is 2.34. The van der Waals surface area contributed by atoms with Crippen molar-refractivity contribution in [3.63, 3.8) is 0 Å². The summed E-state index contributed by atoms with van der Waals surface area (Å²) >= 11 is 0. The fourth-order valence-corrected chi connectivity index (χ4v) is 3.19. The van der Waals surface area contributed by atoms with E-state index in [2.05, 4.69) is 0 Å². The van der Waals surface area contributed by atoms with Gasteiger partial charge in [0.05, 0.1) is 18.8 Å². The lowest BCUT2D eigenvalue weighted by Gasteiger charge is -2.36. The quantitative estimate of drug-likeness (QED) is 0.900. The van der Waals surface area contributed by atoms with Gasteiger partial charge in [0.2, 0.25) is 5.91 Å². The van der Waals surface area contributed by atoms with Gasteiger partial charge in [-0.1, -0.05) is 30.3 Å². The van der Waals surface area contributed by atoms with Gasteiger partial charge < -0.3 is 20.1 Å². The average Bonchev–Trinajstić information content (AvgIpc) is 3.10. The van der Waals surface area contributed by atoms with Gasteiger partial charge in [-0.2, -0.15) is 0 Å². The van der Waals surface area contributed by atoms with E-state index in [9.17, 15) is 4.79 Å². The van der Waals surface area contributed by atoms with E-state index in [4.69, 9.17) is 15.2 Å². The number of morpholine rings is 1. The van der Waals surface area contributed by atoms with E-state index in [1.807, 2.05) is 35.2 Å². The van der Waals surface area contributed by atoms with Crippen molar-refractivity contribution in [1.29, 1.82) is 0 Å². The van der Waals surface area contributed by atoms with E-state index in [1.165, 1.54) is 0 Å². The number of hydrogen-bond donors (Lipinski definition) is 1. The minimum atomic E-state index is -0.495. The Kier molecular flexibility index (Phi) is 5.08. The standard InChI is InChI=1S/C17H24N2O3/c18-14(11-13-5-2-1-3-6-13)17(20)19-8-10-22-16(12-19)15-7-4-9-21-15/h1-3,5-6,14-16H,4,7-12,18H2/t14-,15+,16-/m1/s1. The van der Waals surface area contributed by atoms with Crippen LogP contribution in [0.25, 0.3) is 0 Å². The summed E-state index contributed by atoms with van der Waals surface area (Å²) in [5.74, 6) is 0.00940. The first-order valence-corrected chi connectivity index (χ1v) is 8.05. The van der Waals surface area contributed by atoms with E-state index in [0.29, 0.717) is 26.1 Å². The van der Waals surface area contributed by atoms with Gasteiger partial charge in [-0.05, 0) is 24.8 Å². The van der Waals surface area contributed by atoms with E-state index in [1.54, 1.807) is 0 Å². The average molecular weight is 304 g/mol. The van der Waals surface area contributed by atoms with Crippen LogP contribution in [0.3, 0.4) is 0 Å². The molecule has 2 aliphatic heterocycles. The fourth-order valence-electron chi connectivity index (χ4n) is 3.19. The monoisotopic (exact) mass is 304 g/mol. The third-order valence-corrected chi connectivity index (χ3v) is 4.40. The number of carbonyl (C=O) groups is 1. The summed E-state index contributed by atoms with van der Waals surface area (Å²) in [5, 5.41) is 0. The van der Waals surface area contributed by atoms with Crippen molar-refractivity contribution >= 4 is 5.91 Å². The number of hydrogen-bond acceptors (Lipinski definition) is 4. The van der Waals surface area contributed by atoms with Gasteiger partial charge in [-0.3, -0.25) is 4.79 Å². The molecule has 2 fully saturated rings. The Morgan fingerprint density at radius 1 is 1.23 bits per heavy atom. The Bertz CT molecular complexity index is 488. The van der Waals surface area contributed by atoms with Crippen molar-refractivity contribution in [1.82, 2.24) is 4.90 Å². The van der Waals surface area contributed by atoms with E-state index in [-0.39, 0.29) is 18.1 Å². The molecular weight excluding hydrogens is 280 g/mol. The number of carbonyl (C=O) groups excluding carboxylic acids is 1. The van der Waals surface area contributed by atoms with Crippen LogP contribution in [0.1, 0.15) is 18.4 Å². The maximum atomic E-state index is 12.6. The van der Waals surface area contributed by atoms with Gasteiger partial charge in [0, 0.05) is 19.7 Å². The first-order valence-electron chi connectivity index (χ1n) is 8.05. The van der Waals surface area contributed by atoms with Crippen molar-refractivity contribution in [3.8, 4) is 0 Å². The first-order chi connectivity index (χ1) is 10.7. The zero-order chi connectivity index (χ0) is 15.4. The molecule has 22 heavy (non-hydrogen) atoms. The number of amides is 1. The Morgan fingerprint density at radius 2 is 2.00 bits per heavy atom. The molecule has 3 rings (SSSR count). The lowest BCUT2D eigenvalue weighted by molar-refractivity contribution is -0.146. The molecule has 0 spiro atoms. The molecule has 2 aliphatic rings. The van der Waals surface area contributed by atoms with Crippen LogP contribution in [0, 0.1) is 0 Å². The number of ether oxygens (including phenoxy) is 2. The predicted molar refractivity (Wildman–Crippen MR) is 83.4 cm³/mol. The maximum absolute atomic E-state index is 12.6. The molecule has 1 aromatic carbocycles. The molecule has 0 radical (unpaired) electrons. The molecular formula is C17H24N2O3. The normalized spacial score (nSPS) is 26.9. The second kappa shape index (κ2) is 7.22. The van der Waals surface area contributed by atoms with Crippen molar-refractivity contribution < 1.29 is 14.3 Å². The van der Waals surface area contributed by atoms with Crippen molar-refractivity contribution in [3.05, 3.63) is 35.9 Å². The van der Waals surface area contributed by atoms with E-state index < -0.39 is 6.04 Å².